The Bertz CT molecular complexity index is 645. The fraction of sp³-hybridized carbons (Fsp3) is 0.500. The molecule has 25 heavy (non-hydrogen) atoms. The van der Waals surface area contributed by atoms with Crippen LogP contribution in [0.3, 0.4) is 0 Å². The van der Waals surface area contributed by atoms with Crippen LogP contribution in [0.4, 0.5) is 4.39 Å². The molecule has 1 aliphatic heterocycles. The van der Waals surface area contributed by atoms with E-state index >= 15 is 0 Å². The van der Waals surface area contributed by atoms with Gasteiger partial charge in [-0.2, -0.15) is 0 Å². The number of hydrogen-bond acceptors (Lipinski definition) is 6. The molecule has 1 fully saturated rings. The minimum Gasteiger partial charge on any atom is -0.464 e. The van der Waals surface area contributed by atoms with E-state index < -0.39 is 41.2 Å². The number of benzene rings is 1. The summed E-state index contributed by atoms with van der Waals surface area (Å²) in [5, 5.41) is 2.86. The Morgan fingerprint density at radius 2 is 1.76 bits per heavy atom. The highest BCUT2D eigenvalue weighted by Crippen LogP contribution is 2.43. The van der Waals surface area contributed by atoms with E-state index in [0.29, 0.717) is 6.29 Å². The van der Waals surface area contributed by atoms with E-state index in [1.807, 2.05) is 0 Å². The number of carbonyl (C=O) groups is 3. The minimum atomic E-state index is -1.86. The number of aldehydes is 1. The zero-order valence-electron chi connectivity index (χ0n) is 14.5. The van der Waals surface area contributed by atoms with Crippen molar-refractivity contribution in [2.24, 2.45) is 11.8 Å². The SMILES string of the molecule is CCOC(=O)C1(C(=O)OCC)N[C@H](c2ccccc2F)[C@H](C=O)[C@H]1C. The van der Waals surface area contributed by atoms with Gasteiger partial charge in [0.2, 0.25) is 5.54 Å². The Morgan fingerprint density at radius 1 is 1.20 bits per heavy atom. The molecule has 6 nitrogen and oxygen atoms in total. The van der Waals surface area contributed by atoms with Gasteiger partial charge in [-0.15, -0.1) is 0 Å². The molecule has 0 bridgehead atoms. The predicted octanol–water partition coefficient (Wildman–Crippen LogP) is 1.79. The highest BCUT2D eigenvalue weighted by Gasteiger charge is 2.63. The second-order valence-electron chi connectivity index (χ2n) is 5.89. The minimum absolute atomic E-state index is 0.0600. The number of carbonyl (C=O) groups excluding carboxylic acids is 3. The van der Waals surface area contributed by atoms with Crippen LogP contribution < -0.4 is 5.32 Å². The van der Waals surface area contributed by atoms with E-state index in [9.17, 15) is 18.8 Å². The molecule has 7 heteroatoms. The predicted molar refractivity (Wildman–Crippen MR) is 87.0 cm³/mol. The molecule has 0 saturated carbocycles. The summed E-state index contributed by atoms with van der Waals surface area (Å²) in [6.07, 6.45) is 0.634. The molecule has 3 atom stereocenters. The molecule has 0 amide bonds. The lowest BCUT2D eigenvalue weighted by Crippen LogP contribution is -2.60. The van der Waals surface area contributed by atoms with Crippen molar-refractivity contribution in [2.75, 3.05) is 13.2 Å². The van der Waals surface area contributed by atoms with Crippen LogP contribution in [0.1, 0.15) is 32.4 Å². The molecular formula is C18H22FNO5. The van der Waals surface area contributed by atoms with Gasteiger partial charge in [-0.1, -0.05) is 25.1 Å². The maximum absolute atomic E-state index is 14.2. The Kier molecular flexibility index (Phi) is 5.89. The molecule has 1 N–H and O–H groups in total. The van der Waals surface area contributed by atoms with Crippen LogP contribution in [-0.4, -0.2) is 37.0 Å². The monoisotopic (exact) mass is 351 g/mol. The summed E-state index contributed by atoms with van der Waals surface area (Å²) in [5.74, 6) is -3.75. The van der Waals surface area contributed by atoms with Crippen molar-refractivity contribution in [2.45, 2.75) is 32.4 Å². The summed E-state index contributed by atoms with van der Waals surface area (Å²) in [5.41, 5.74) is -1.65. The highest BCUT2D eigenvalue weighted by molar-refractivity contribution is 6.06. The van der Waals surface area contributed by atoms with Crippen molar-refractivity contribution in [1.29, 1.82) is 0 Å². The molecule has 1 aromatic rings. The molecule has 1 aromatic carbocycles. The van der Waals surface area contributed by atoms with E-state index in [1.165, 1.54) is 18.2 Å². The molecule has 1 heterocycles. The standard InChI is InChI=1S/C18H22FNO5/c1-4-24-16(22)18(17(23)25-5-2)11(3)13(10-21)15(20-18)12-8-6-7-9-14(12)19/h6-11,13,15,20H,4-5H2,1-3H3/t11-,13-,15-/m1/s1. The normalized spacial score (nSPS) is 24.6. The van der Waals surface area contributed by atoms with Crippen LogP contribution in [-0.2, 0) is 23.9 Å². The number of halogens is 1. The van der Waals surface area contributed by atoms with Crippen molar-refractivity contribution in [3.8, 4) is 0 Å². The van der Waals surface area contributed by atoms with Gasteiger partial charge < -0.3 is 14.3 Å². The highest BCUT2D eigenvalue weighted by atomic mass is 19.1. The first kappa shape index (κ1) is 19.1. The van der Waals surface area contributed by atoms with Gasteiger partial charge in [-0.3, -0.25) is 5.32 Å². The van der Waals surface area contributed by atoms with Gasteiger partial charge in [0.15, 0.2) is 0 Å². The van der Waals surface area contributed by atoms with E-state index in [4.69, 9.17) is 9.47 Å². The Balaban J connectivity index is 2.54. The summed E-state index contributed by atoms with van der Waals surface area (Å²) in [6.45, 7) is 4.93. The Morgan fingerprint density at radius 3 is 2.24 bits per heavy atom. The van der Waals surface area contributed by atoms with Crippen molar-refractivity contribution in [3.63, 3.8) is 0 Å². The average molecular weight is 351 g/mol. The van der Waals surface area contributed by atoms with E-state index in [1.54, 1.807) is 26.8 Å². The summed E-state index contributed by atoms with van der Waals surface area (Å²) >= 11 is 0. The van der Waals surface area contributed by atoms with Crippen molar-refractivity contribution in [3.05, 3.63) is 35.6 Å². The van der Waals surface area contributed by atoms with E-state index in [-0.39, 0.29) is 18.8 Å². The van der Waals surface area contributed by atoms with Gasteiger partial charge in [0.25, 0.3) is 0 Å². The second kappa shape index (κ2) is 7.74. The van der Waals surface area contributed by atoms with Crippen LogP contribution >= 0.6 is 0 Å². The smallest absolute Gasteiger partial charge is 0.338 e. The average Bonchev–Trinajstić information content (AvgIpc) is 2.89. The topological polar surface area (TPSA) is 81.7 Å². The molecule has 136 valence electrons. The molecule has 0 spiro atoms. The number of ether oxygens (including phenoxy) is 2. The van der Waals surface area contributed by atoms with Crippen LogP contribution in [0.25, 0.3) is 0 Å². The molecule has 0 unspecified atom stereocenters. The molecular weight excluding hydrogens is 329 g/mol. The zero-order chi connectivity index (χ0) is 18.6. The first-order valence-corrected chi connectivity index (χ1v) is 8.25. The molecule has 2 rings (SSSR count). The molecule has 0 radical (unpaired) electrons. The fourth-order valence-corrected chi connectivity index (χ4v) is 3.32. The molecule has 0 aromatic heterocycles. The maximum Gasteiger partial charge on any atom is 0.338 e. The van der Waals surface area contributed by atoms with Crippen molar-refractivity contribution < 1.29 is 28.2 Å². The third-order valence-corrected chi connectivity index (χ3v) is 4.62. The number of esters is 2. The van der Waals surface area contributed by atoms with Crippen molar-refractivity contribution in [1.82, 2.24) is 5.32 Å². The first-order chi connectivity index (χ1) is 11.9. The van der Waals surface area contributed by atoms with Crippen LogP contribution in [0.5, 0.6) is 0 Å². The number of rotatable bonds is 6. The van der Waals surface area contributed by atoms with Gasteiger partial charge in [-0.05, 0) is 19.9 Å². The number of hydrogen-bond donors (Lipinski definition) is 1. The third-order valence-electron chi connectivity index (χ3n) is 4.62. The summed E-state index contributed by atoms with van der Waals surface area (Å²) in [7, 11) is 0. The van der Waals surface area contributed by atoms with Crippen LogP contribution in [0, 0.1) is 17.7 Å². The van der Waals surface area contributed by atoms with E-state index in [2.05, 4.69) is 5.32 Å². The Labute approximate surface area is 145 Å². The van der Waals surface area contributed by atoms with Gasteiger partial charge >= 0.3 is 11.9 Å². The number of nitrogens with one attached hydrogen (secondary N) is 1. The largest absolute Gasteiger partial charge is 0.464 e. The quantitative estimate of drug-likeness (QED) is 0.478. The zero-order valence-corrected chi connectivity index (χ0v) is 14.5. The molecule has 1 aliphatic rings. The lowest BCUT2D eigenvalue weighted by atomic mass is 9.79. The molecule has 1 saturated heterocycles. The summed E-state index contributed by atoms with van der Waals surface area (Å²) < 4.78 is 24.4. The maximum atomic E-state index is 14.2. The summed E-state index contributed by atoms with van der Waals surface area (Å²) in [6, 6.07) is 5.08. The molecule has 0 aliphatic carbocycles. The van der Waals surface area contributed by atoms with Gasteiger partial charge in [0, 0.05) is 23.4 Å². The Hall–Kier alpha value is -2.28. The summed E-state index contributed by atoms with van der Waals surface area (Å²) in [4.78, 5) is 36.9. The lowest BCUT2D eigenvalue weighted by molar-refractivity contribution is -0.168. The van der Waals surface area contributed by atoms with Gasteiger partial charge in [-0.25, -0.2) is 14.0 Å². The van der Waals surface area contributed by atoms with Gasteiger partial charge in [0.1, 0.15) is 12.1 Å². The van der Waals surface area contributed by atoms with Gasteiger partial charge in [0.05, 0.1) is 13.2 Å². The fourth-order valence-electron chi connectivity index (χ4n) is 3.32. The third kappa shape index (κ3) is 3.16. The van der Waals surface area contributed by atoms with Crippen LogP contribution in [0.2, 0.25) is 0 Å². The van der Waals surface area contributed by atoms with Crippen LogP contribution in [0.15, 0.2) is 24.3 Å². The van der Waals surface area contributed by atoms with E-state index in [0.717, 1.165) is 0 Å². The van der Waals surface area contributed by atoms with Crippen molar-refractivity contribution >= 4 is 18.2 Å². The second-order valence-corrected chi connectivity index (χ2v) is 5.89. The first-order valence-electron chi connectivity index (χ1n) is 8.25. The lowest BCUT2D eigenvalue weighted by Gasteiger charge is -2.29.